The molecule has 1 unspecified atom stereocenters. The zero-order chi connectivity index (χ0) is 9.19. The average Bonchev–Trinajstić information content (AvgIpc) is 2.55. The van der Waals surface area contributed by atoms with Crippen LogP contribution in [0.4, 0.5) is 0 Å². The van der Waals surface area contributed by atoms with E-state index >= 15 is 0 Å². The molecule has 0 aromatic heterocycles. The second-order valence-electron chi connectivity index (χ2n) is 4.06. The molecule has 0 spiro atoms. The van der Waals surface area contributed by atoms with E-state index in [1.807, 2.05) is 0 Å². The molecule has 0 radical (unpaired) electrons. The summed E-state index contributed by atoms with van der Waals surface area (Å²) in [5.74, 6) is 0.988. The molecule has 1 aliphatic heterocycles. The first-order valence-corrected chi connectivity index (χ1v) is 4.66. The minimum Gasteiger partial charge on any atom is -0.496 e. The zero-order valence-corrected chi connectivity index (χ0v) is 8.26. The van der Waals surface area contributed by atoms with Crippen molar-refractivity contribution in [1.82, 2.24) is 0 Å². The van der Waals surface area contributed by atoms with E-state index in [1.54, 1.807) is 0 Å². The van der Waals surface area contributed by atoms with Crippen molar-refractivity contribution in [2.24, 2.45) is 11.1 Å². The molecule has 0 saturated carbocycles. The lowest BCUT2D eigenvalue weighted by molar-refractivity contribution is 0.175. The molecule has 1 atom stereocenters. The van der Waals surface area contributed by atoms with Crippen LogP contribution in [0.25, 0.3) is 0 Å². The molecule has 1 heterocycles. The van der Waals surface area contributed by atoms with Crippen molar-refractivity contribution in [3.63, 3.8) is 0 Å². The maximum Gasteiger partial charge on any atom is 0.109 e. The van der Waals surface area contributed by atoms with Gasteiger partial charge in [-0.2, -0.15) is 0 Å². The van der Waals surface area contributed by atoms with E-state index in [-0.39, 0.29) is 11.5 Å². The monoisotopic (exact) mass is 169 g/mol. The van der Waals surface area contributed by atoms with E-state index in [0.717, 1.165) is 25.2 Å². The maximum absolute atomic E-state index is 6.07. The van der Waals surface area contributed by atoms with Crippen LogP contribution < -0.4 is 5.73 Å². The van der Waals surface area contributed by atoms with Crippen LogP contribution in [0.1, 0.15) is 33.6 Å². The second kappa shape index (κ2) is 3.48. The summed E-state index contributed by atoms with van der Waals surface area (Å²) < 4.78 is 5.44. The molecule has 1 rings (SSSR count). The van der Waals surface area contributed by atoms with Crippen molar-refractivity contribution in [1.29, 1.82) is 0 Å². The van der Waals surface area contributed by atoms with E-state index in [2.05, 4.69) is 26.8 Å². The number of nitrogens with two attached hydrogens (primary N) is 1. The first kappa shape index (κ1) is 9.59. The summed E-state index contributed by atoms with van der Waals surface area (Å²) in [6.07, 6.45) is 4.21. The molecule has 0 saturated heterocycles. The third kappa shape index (κ3) is 1.81. The topological polar surface area (TPSA) is 35.2 Å². The van der Waals surface area contributed by atoms with Gasteiger partial charge in [-0.05, 0) is 17.9 Å². The predicted octanol–water partition coefficient (Wildman–Crippen LogP) is 2.05. The van der Waals surface area contributed by atoms with E-state index in [1.165, 1.54) is 0 Å². The molecular formula is C10H19NO. The molecule has 0 fully saturated rings. The third-order valence-electron chi connectivity index (χ3n) is 2.79. The smallest absolute Gasteiger partial charge is 0.109 e. The SMILES string of the molecule is CCC(C)(C)C(N)C1=CCCO1. The summed E-state index contributed by atoms with van der Waals surface area (Å²) >= 11 is 0. The normalized spacial score (nSPS) is 20.2. The number of hydrogen-bond donors (Lipinski definition) is 1. The molecule has 2 N–H and O–H groups in total. The molecular weight excluding hydrogens is 150 g/mol. The van der Waals surface area contributed by atoms with Crippen LogP contribution in [0.2, 0.25) is 0 Å². The molecule has 70 valence electrons. The van der Waals surface area contributed by atoms with Crippen molar-refractivity contribution < 1.29 is 4.74 Å². The van der Waals surface area contributed by atoms with E-state index in [0.29, 0.717) is 0 Å². The van der Waals surface area contributed by atoms with Crippen molar-refractivity contribution in [2.45, 2.75) is 39.7 Å². The Balaban J connectivity index is 2.62. The van der Waals surface area contributed by atoms with Crippen molar-refractivity contribution in [2.75, 3.05) is 6.61 Å². The highest BCUT2D eigenvalue weighted by Crippen LogP contribution is 2.29. The maximum atomic E-state index is 6.07. The van der Waals surface area contributed by atoms with Crippen molar-refractivity contribution in [3.05, 3.63) is 11.8 Å². The summed E-state index contributed by atoms with van der Waals surface area (Å²) in [5, 5.41) is 0. The highest BCUT2D eigenvalue weighted by molar-refractivity contribution is 5.10. The van der Waals surface area contributed by atoms with Gasteiger partial charge in [0.15, 0.2) is 0 Å². The minimum absolute atomic E-state index is 0.0602. The first-order chi connectivity index (χ1) is 5.58. The quantitative estimate of drug-likeness (QED) is 0.701. The average molecular weight is 169 g/mol. The first-order valence-electron chi connectivity index (χ1n) is 4.66. The van der Waals surface area contributed by atoms with E-state index < -0.39 is 0 Å². The fourth-order valence-corrected chi connectivity index (χ4v) is 1.26. The molecule has 1 aliphatic rings. The lowest BCUT2D eigenvalue weighted by Gasteiger charge is -2.30. The number of rotatable bonds is 3. The van der Waals surface area contributed by atoms with Gasteiger partial charge in [-0.3, -0.25) is 0 Å². The molecule has 0 amide bonds. The molecule has 0 bridgehead atoms. The van der Waals surface area contributed by atoms with Crippen LogP contribution in [0.15, 0.2) is 11.8 Å². The summed E-state index contributed by atoms with van der Waals surface area (Å²) in [7, 11) is 0. The Morgan fingerprint density at radius 3 is 2.75 bits per heavy atom. The molecule has 0 aromatic rings. The van der Waals surface area contributed by atoms with Crippen LogP contribution >= 0.6 is 0 Å². The van der Waals surface area contributed by atoms with Gasteiger partial charge in [0.25, 0.3) is 0 Å². The minimum atomic E-state index is 0.0602. The molecule has 12 heavy (non-hydrogen) atoms. The highest BCUT2D eigenvalue weighted by Gasteiger charge is 2.29. The van der Waals surface area contributed by atoms with E-state index in [9.17, 15) is 0 Å². The zero-order valence-electron chi connectivity index (χ0n) is 8.26. The van der Waals surface area contributed by atoms with Crippen LogP contribution in [-0.4, -0.2) is 12.6 Å². The standard InChI is InChI=1S/C10H19NO/c1-4-10(2,3)9(11)8-6-5-7-12-8/h6,9H,4-5,7,11H2,1-3H3. The Morgan fingerprint density at radius 2 is 2.33 bits per heavy atom. The summed E-state index contributed by atoms with van der Waals surface area (Å²) in [5.41, 5.74) is 6.22. The van der Waals surface area contributed by atoms with Crippen LogP contribution in [0.3, 0.4) is 0 Å². The molecule has 0 aromatic carbocycles. The summed E-state index contributed by atoms with van der Waals surface area (Å²) in [4.78, 5) is 0. The third-order valence-corrected chi connectivity index (χ3v) is 2.79. The lowest BCUT2D eigenvalue weighted by atomic mass is 9.81. The summed E-state index contributed by atoms with van der Waals surface area (Å²) in [6, 6.07) is 0.0602. The van der Waals surface area contributed by atoms with Gasteiger partial charge in [0, 0.05) is 6.42 Å². The number of hydrogen-bond acceptors (Lipinski definition) is 2. The second-order valence-corrected chi connectivity index (χ2v) is 4.06. The van der Waals surface area contributed by atoms with Gasteiger partial charge in [0.1, 0.15) is 5.76 Å². The Hall–Kier alpha value is -0.500. The fraction of sp³-hybridized carbons (Fsp3) is 0.800. The van der Waals surface area contributed by atoms with Gasteiger partial charge >= 0.3 is 0 Å². The highest BCUT2D eigenvalue weighted by atomic mass is 16.5. The van der Waals surface area contributed by atoms with Gasteiger partial charge in [-0.15, -0.1) is 0 Å². The largest absolute Gasteiger partial charge is 0.496 e. The van der Waals surface area contributed by atoms with Gasteiger partial charge in [0.05, 0.1) is 12.6 Å². The Labute approximate surface area is 74.8 Å². The van der Waals surface area contributed by atoms with Gasteiger partial charge in [0.2, 0.25) is 0 Å². The Morgan fingerprint density at radius 1 is 1.67 bits per heavy atom. The van der Waals surface area contributed by atoms with Crippen LogP contribution in [0.5, 0.6) is 0 Å². The molecule has 2 nitrogen and oxygen atoms in total. The fourth-order valence-electron chi connectivity index (χ4n) is 1.26. The Bertz CT molecular complexity index is 184. The van der Waals surface area contributed by atoms with Crippen molar-refractivity contribution in [3.8, 4) is 0 Å². The summed E-state index contributed by atoms with van der Waals surface area (Å²) in [6.45, 7) is 7.33. The predicted molar refractivity (Wildman–Crippen MR) is 50.7 cm³/mol. The molecule has 2 heteroatoms. The van der Waals surface area contributed by atoms with E-state index in [4.69, 9.17) is 10.5 Å². The van der Waals surface area contributed by atoms with Gasteiger partial charge in [-0.1, -0.05) is 20.8 Å². The molecule has 0 aliphatic carbocycles. The van der Waals surface area contributed by atoms with Crippen LogP contribution in [-0.2, 0) is 4.74 Å². The van der Waals surface area contributed by atoms with Gasteiger partial charge < -0.3 is 10.5 Å². The van der Waals surface area contributed by atoms with Crippen molar-refractivity contribution >= 4 is 0 Å². The Kier molecular flexibility index (Phi) is 2.78. The van der Waals surface area contributed by atoms with Gasteiger partial charge in [-0.25, -0.2) is 0 Å². The number of ether oxygens (including phenoxy) is 1. The van der Waals surface area contributed by atoms with Crippen LogP contribution in [0, 0.1) is 5.41 Å². The lowest BCUT2D eigenvalue weighted by Crippen LogP contribution is -2.38.